The second kappa shape index (κ2) is 4.15. The van der Waals surface area contributed by atoms with Crippen LogP contribution in [-0.4, -0.2) is 17.6 Å². The highest BCUT2D eigenvalue weighted by Gasteiger charge is 2.26. The molecule has 0 spiro atoms. The second-order valence-electron chi connectivity index (χ2n) is 5.68. The molecule has 2 N–H and O–H groups in total. The summed E-state index contributed by atoms with van der Waals surface area (Å²) in [7, 11) is 0. The van der Waals surface area contributed by atoms with Gasteiger partial charge in [-0.1, -0.05) is 32.9 Å². The van der Waals surface area contributed by atoms with Crippen molar-refractivity contribution in [2.75, 3.05) is 11.9 Å². The van der Waals surface area contributed by atoms with Gasteiger partial charge in [-0.3, -0.25) is 4.79 Å². The average Bonchev–Trinajstić information content (AvgIpc) is 2.25. The van der Waals surface area contributed by atoms with Gasteiger partial charge in [0.25, 0.3) is 0 Å². The molecule has 1 aliphatic rings. The van der Waals surface area contributed by atoms with Gasteiger partial charge in [-0.2, -0.15) is 0 Å². The Kier molecular flexibility index (Phi) is 2.96. The Labute approximate surface area is 102 Å². The van der Waals surface area contributed by atoms with Crippen molar-refractivity contribution in [1.82, 2.24) is 0 Å². The molecule has 1 aromatic rings. The average molecular weight is 233 g/mol. The highest BCUT2D eigenvalue weighted by atomic mass is 16.3. The Bertz CT molecular complexity index is 446. The molecule has 0 saturated carbocycles. The zero-order valence-corrected chi connectivity index (χ0v) is 10.6. The minimum Gasteiger partial charge on any atom is -0.396 e. The maximum absolute atomic E-state index is 11.5. The fourth-order valence-electron chi connectivity index (χ4n) is 2.18. The highest BCUT2D eigenvalue weighted by Crippen LogP contribution is 2.35. The van der Waals surface area contributed by atoms with Crippen LogP contribution in [0.2, 0.25) is 0 Å². The molecule has 92 valence electrons. The summed E-state index contributed by atoms with van der Waals surface area (Å²) in [5.74, 6) is -0.0823. The molecule has 1 aliphatic heterocycles. The Morgan fingerprint density at radius 1 is 1.41 bits per heavy atom. The molecule has 0 radical (unpaired) electrons. The molecule has 0 fully saturated rings. The number of anilines is 1. The standard InChI is InChI=1S/C14H19NO2/c1-14(2,3)10-4-5-12-11(7-10)9(8-16)6-13(17)15-12/h4-5,7,9,16H,6,8H2,1-3H3,(H,15,17). The number of aliphatic hydroxyl groups is 1. The third-order valence-corrected chi connectivity index (χ3v) is 3.28. The van der Waals surface area contributed by atoms with E-state index < -0.39 is 0 Å². The third-order valence-electron chi connectivity index (χ3n) is 3.28. The van der Waals surface area contributed by atoms with Crippen LogP contribution in [0.25, 0.3) is 0 Å². The molecule has 1 unspecified atom stereocenters. The molecule has 3 nitrogen and oxygen atoms in total. The van der Waals surface area contributed by atoms with E-state index in [9.17, 15) is 9.90 Å². The summed E-state index contributed by atoms with van der Waals surface area (Å²) in [6.07, 6.45) is 0.372. The molecule has 1 atom stereocenters. The van der Waals surface area contributed by atoms with Crippen molar-refractivity contribution in [2.24, 2.45) is 0 Å². The number of carbonyl (C=O) groups is 1. The molecule has 1 aromatic carbocycles. The summed E-state index contributed by atoms with van der Waals surface area (Å²) in [5, 5.41) is 12.2. The predicted octanol–water partition coefficient (Wildman–Crippen LogP) is 2.40. The van der Waals surface area contributed by atoms with E-state index in [1.165, 1.54) is 5.56 Å². The van der Waals surface area contributed by atoms with Crippen LogP contribution in [-0.2, 0) is 10.2 Å². The number of aliphatic hydroxyl groups excluding tert-OH is 1. The zero-order chi connectivity index (χ0) is 12.6. The summed E-state index contributed by atoms with van der Waals surface area (Å²) in [4.78, 5) is 11.5. The lowest BCUT2D eigenvalue weighted by Crippen LogP contribution is -2.25. The summed E-state index contributed by atoms with van der Waals surface area (Å²) >= 11 is 0. The van der Waals surface area contributed by atoms with E-state index in [2.05, 4.69) is 32.2 Å². The summed E-state index contributed by atoms with van der Waals surface area (Å²) in [6, 6.07) is 6.09. The van der Waals surface area contributed by atoms with E-state index in [0.29, 0.717) is 6.42 Å². The van der Waals surface area contributed by atoms with Gasteiger partial charge in [0.05, 0.1) is 6.61 Å². The lowest BCUT2D eigenvalue weighted by molar-refractivity contribution is -0.117. The van der Waals surface area contributed by atoms with Crippen LogP contribution in [0, 0.1) is 0 Å². The smallest absolute Gasteiger partial charge is 0.225 e. The van der Waals surface area contributed by atoms with Gasteiger partial charge in [0.1, 0.15) is 0 Å². The zero-order valence-electron chi connectivity index (χ0n) is 10.6. The van der Waals surface area contributed by atoms with Crippen LogP contribution >= 0.6 is 0 Å². The monoisotopic (exact) mass is 233 g/mol. The fourth-order valence-corrected chi connectivity index (χ4v) is 2.18. The van der Waals surface area contributed by atoms with Crippen molar-refractivity contribution in [3.05, 3.63) is 29.3 Å². The number of fused-ring (bicyclic) bond motifs is 1. The van der Waals surface area contributed by atoms with Gasteiger partial charge in [-0.25, -0.2) is 0 Å². The summed E-state index contributed by atoms with van der Waals surface area (Å²) < 4.78 is 0. The quantitative estimate of drug-likeness (QED) is 0.782. The maximum Gasteiger partial charge on any atom is 0.225 e. The van der Waals surface area contributed by atoms with Crippen LogP contribution in [0.5, 0.6) is 0 Å². The van der Waals surface area contributed by atoms with E-state index in [0.717, 1.165) is 11.3 Å². The van der Waals surface area contributed by atoms with Crippen LogP contribution in [0.4, 0.5) is 5.69 Å². The molecule has 2 rings (SSSR count). The van der Waals surface area contributed by atoms with E-state index in [-0.39, 0.29) is 23.8 Å². The van der Waals surface area contributed by atoms with Gasteiger partial charge in [-0.15, -0.1) is 0 Å². The van der Waals surface area contributed by atoms with E-state index in [1.54, 1.807) is 0 Å². The van der Waals surface area contributed by atoms with E-state index in [1.807, 2.05) is 12.1 Å². The van der Waals surface area contributed by atoms with Gasteiger partial charge in [-0.05, 0) is 22.6 Å². The Morgan fingerprint density at radius 3 is 2.71 bits per heavy atom. The maximum atomic E-state index is 11.5. The molecular formula is C14H19NO2. The summed E-state index contributed by atoms with van der Waals surface area (Å²) in [5.41, 5.74) is 3.20. The van der Waals surface area contributed by atoms with Crippen molar-refractivity contribution in [3.63, 3.8) is 0 Å². The van der Waals surface area contributed by atoms with E-state index in [4.69, 9.17) is 0 Å². The molecule has 0 aliphatic carbocycles. The fraction of sp³-hybridized carbons (Fsp3) is 0.500. The van der Waals surface area contributed by atoms with Crippen molar-refractivity contribution < 1.29 is 9.90 Å². The number of amides is 1. The number of hydrogen-bond acceptors (Lipinski definition) is 2. The minimum absolute atomic E-state index is 0.0138. The SMILES string of the molecule is CC(C)(C)c1ccc2c(c1)C(CO)CC(=O)N2. The lowest BCUT2D eigenvalue weighted by atomic mass is 9.82. The first-order valence-electron chi connectivity index (χ1n) is 5.97. The highest BCUT2D eigenvalue weighted by molar-refractivity contribution is 5.94. The molecule has 0 bridgehead atoms. The molecule has 0 aromatic heterocycles. The Balaban J connectivity index is 2.46. The van der Waals surface area contributed by atoms with Crippen LogP contribution in [0.3, 0.4) is 0 Å². The topological polar surface area (TPSA) is 49.3 Å². The number of nitrogens with one attached hydrogen (secondary N) is 1. The number of hydrogen-bond donors (Lipinski definition) is 2. The van der Waals surface area contributed by atoms with Crippen molar-refractivity contribution in [2.45, 2.75) is 38.5 Å². The molecule has 17 heavy (non-hydrogen) atoms. The largest absolute Gasteiger partial charge is 0.396 e. The first kappa shape index (κ1) is 12.1. The molecule has 1 heterocycles. The third kappa shape index (κ3) is 2.34. The lowest BCUT2D eigenvalue weighted by Gasteiger charge is -2.27. The minimum atomic E-state index is -0.0685. The van der Waals surface area contributed by atoms with Gasteiger partial charge in [0, 0.05) is 18.0 Å². The normalized spacial score (nSPS) is 19.8. The first-order valence-corrected chi connectivity index (χ1v) is 5.97. The molecular weight excluding hydrogens is 214 g/mol. The number of carbonyl (C=O) groups excluding carboxylic acids is 1. The van der Waals surface area contributed by atoms with Gasteiger partial charge in [0.2, 0.25) is 5.91 Å². The summed E-state index contributed by atoms with van der Waals surface area (Å²) in [6.45, 7) is 6.49. The molecule has 0 saturated heterocycles. The van der Waals surface area contributed by atoms with Crippen molar-refractivity contribution in [1.29, 1.82) is 0 Å². The predicted molar refractivity (Wildman–Crippen MR) is 68.2 cm³/mol. The Hall–Kier alpha value is -1.35. The van der Waals surface area contributed by atoms with Crippen molar-refractivity contribution >= 4 is 11.6 Å². The number of benzene rings is 1. The molecule has 1 amide bonds. The number of rotatable bonds is 1. The Morgan fingerprint density at radius 2 is 2.12 bits per heavy atom. The van der Waals surface area contributed by atoms with Crippen molar-refractivity contribution in [3.8, 4) is 0 Å². The van der Waals surface area contributed by atoms with Gasteiger partial charge >= 0.3 is 0 Å². The van der Waals surface area contributed by atoms with Gasteiger partial charge < -0.3 is 10.4 Å². The second-order valence-corrected chi connectivity index (χ2v) is 5.68. The van der Waals surface area contributed by atoms with Crippen LogP contribution in [0.15, 0.2) is 18.2 Å². The van der Waals surface area contributed by atoms with Crippen LogP contribution in [0.1, 0.15) is 44.2 Å². The first-order chi connectivity index (χ1) is 7.91. The van der Waals surface area contributed by atoms with Gasteiger partial charge in [0.15, 0.2) is 0 Å². The van der Waals surface area contributed by atoms with Crippen LogP contribution < -0.4 is 5.32 Å². The molecule has 3 heteroatoms. The van der Waals surface area contributed by atoms with E-state index >= 15 is 0 Å².